The number of carbonyl (C=O) groups is 1. The normalized spacial score (nSPS) is 14.6. The fourth-order valence-electron chi connectivity index (χ4n) is 3.64. The molecule has 1 aromatic heterocycles. The highest BCUT2D eigenvalue weighted by molar-refractivity contribution is 9.10. The van der Waals surface area contributed by atoms with E-state index in [1.807, 2.05) is 29.2 Å². The van der Waals surface area contributed by atoms with Crippen LogP contribution < -0.4 is 4.90 Å². The Morgan fingerprint density at radius 2 is 1.78 bits per heavy atom. The molecule has 0 spiro atoms. The molecule has 4 rings (SSSR count). The number of piperazine rings is 1. The minimum Gasteiger partial charge on any atom is -0.441 e. The Kier molecular flexibility index (Phi) is 6.55. The van der Waals surface area contributed by atoms with Crippen molar-refractivity contribution in [3.63, 3.8) is 0 Å². The average Bonchev–Trinajstić information content (AvgIpc) is 3.27. The summed E-state index contributed by atoms with van der Waals surface area (Å²) in [4.78, 5) is 20.5. The van der Waals surface area contributed by atoms with Crippen molar-refractivity contribution < 1.29 is 22.4 Å². The molecule has 0 saturated carbocycles. The summed E-state index contributed by atoms with van der Waals surface area (Å²) in [6, 6.07) is 13.0. The molecule has 168 valence electrons. The van der Waals surface area contributed by atoms with Crippen LogP contribution in [0.5, 0.6) is 0 Å². The van der Waals surface area contributed by atoms with Crippen molar-refractivity contribution in [2.24, 2.45) is 0 Å². The quantitative estimate of drug-likeness (QED) is 0.463. The van der Waals surface area contributed by atoms with Crippen LogP contribution in [0, 0.1) is 0 Å². The number of carbonyl (C=O) groups excluding carboxylic acids is 1. The SMILES string of the molecule is O=C(CCc1ncc(-c2ccc(Br)cc2)o1)N1CCN(c2cccc(C(F)(F)F)c2)CC1. The highest BCUT2D eigenvalue weighted by atomic mass is 79.9. The minimum absolute atomic E-state index is 0.0166. The van der Waals surface area contributed by atoms with Gasteiger partial charge in [-0.25, -0.2) is 4.98 Å². The van der Waals surface area contributed by atoms with Gasteiger partial charge in [0, 0.05) is 54.7 Å². The molecule has 1 amide bonds. The van der Waals surface area contributed by atoms with Gasteiger partial charge in [-0.3, -0.25) is 4.79 Å². The predicted molar refractivity (Wildman–Crippen MR) is 118 cm³/mol. The van der Waals surface area contributed by atoms with E-state index in [9.17, 15) is 18.0 Å². The number of amides is 1. The zero-order valence-corrected chi connectivity index (χ0v) is 18.7. The maximum absolute atomic E-state index is 13.0. The van der Waals surface area contributed by atoms with E-state index in [2.05, 4.69) is 20.9 Å². The molecule has 2 heterocycles. The fraction of sp³-hybridized carbons (Fsp3) is 0.304. The standard InChI is InChI=1S/C23H21BrF3N3O2/c24-18-6-4-16(5-7-18)20-15-28-21(32-20)8-9-22(31)30-12-10-29(11-13-30)19-3-1-2-17(14-19)23(25,26)27/h1-7,14-15H,8-13H2. The summed E-state index contributed by atoms with van der Waals surface area (Å²) in [6.07, 6.45) is -2.06. The van der Waals surface area contributed by atoms with Crippen LogP contribution in [0.1, 0.15) is 17.9 Å². The molecular weight excluding hydrogens is 487 g/mol. The van der Waals surface area contributed by atoms with E-state index >= 15 is 0 Å². The first-order valence-electron chi connectivity index (χ1n) is 10.2. The molecule has 32 heavy (non-hydrogen) atoms. The van der Waals surface area contributed by atoms with E-state index < -0.39 is 11.7 Å². The highest BCUT2D eigenvalue weighted by Gasteiger charge is 2.31. The largest absolute Gasteiger partial charge is 0.441 e. The third kappa shape index (κ3) is 5.32. The summed E-state index contributed by atoms with van der Waals surface area (Å²) < 4.78 is 45.6. The van der Waals surface area contributed by atoms with Crippen molar-refractivity contribution in [3.05, 3.63) is 70.7 Å². The van der Waals surface area contributed by atoms with E-state index in [1.165, 1.54) is 6.07 Å². The molecule has 2 aromatic carbocycles. The van der Waals surface area contributed by atoms with E-state index in [0.29, 0.717) is 49.9 Å². The van der Waals surface area contributed by atoms with Crippen molar-refractivity contribution in [2.75, 3.05) is 31.1 Å². The van der Waals surface area contributed by atoms with Crippen LogP contribution in [0.15, 0.2) is 63.6 Å². The van der Waals surface area contributed by atoms with Gasteiger partial charge in [-0.15, -0.1) is 0 Å². The average molecular weight is 508 g/mol. The zero-order chi connectivity index (χ0) is 22.7. The van der Waals surface area contributed by atoms with Crippen LogP contribution in [0.2, 0.25) is 0 Å². The van der Waals surface area contributed by atoms with Gasteiger partial charge in [0.1, 0.15) is 0 Å². The number of benzene rings is 2. The van der Waals surface area contributed by atoms with Gasteiger partial charge in [-0.2, -0.15) is 13.2 Å². The highest BCUT2D eigenvalue weighted by Crippen LogP contribution is 2.32. The molecule has 0 N–H and O–H groups in total. The molecule has 5 nitrogen and oxygen atoms in total. The van der Waals surface area contributed by atoms with Gasteiger partial charge < -0.3 is 14.2 Å². The molecule has 0 radical (unpaired) electrons. The van der Waals surface area contributed by atoms with Crippen molar-refractivity contribution in [2.45, 2.75) is 19.0 Å². The minimum atomic E-state index is -4.37. The molecule has 9 heteroatoms. The summed E-state index contributed by atoms with van der Waals surface area (Å²) in [7, 11) is 0. The maximum Gasteiger partial charge on any atom is 0.416 e. The van der Waals surface area contributed by atoms with E-state index in [1.54, 1.807) is 17.2 Å². The molecule has 3 aromatic rings. The van der Waals surface area contributed by atoms with Crippen molar-refractivity contribution in [1.82, 2.24) is 9.88 Å². The number of halogens is 4. The fourth-order valence-corrected chi connectivity index (χ4v) is 3.90. The molecule has 0 bridgehead atoms. The lowest BCUT2D eigenvalue weighted by Gasteiger charge is -2.36. The summed E-state index contributed by atoms with van der Waals surface area (Å²) in [6.45, 7) is 1.90. The Balaban J connectivity index is 1.29. The van der Waals surface area contributed by atoms with Gasteiger partial charge in [0.2, 0.25) is 5.91 Å². The van der Waals surface area contributed by atoms with Crippen LogP contribution >= 0.6 is 15.9 Å². The Hall–Kier alpha value is -2.81. The second-order valence-corrected chi connectivity index (χ2v) is 8.46. The number of oxazole rings is 1. The van der Waals surface area contributed by atoms with Crippen LogP contribution in [-0.4, -0.2) is 42.0 Å². The maximum atomic E-state index is 13.0. The number of nitrogens with zero attached hydrogens (tertiary/aromatic N) is 3. The number of alkyl halides is 3. The molecular formula is C23H21BrF3N3O2. The van der Waals surface area contributed by atoms with Crippen molar-refractivity contribution in [3.8, 4) is 11.3 Å². The summed E-state index contributed by atoms with van der Waals surface area (Å²) >= 11 is 3.39. The first-order valence-corrected chi connectivity index (χ1v) is 11.0. The van der Waals surface area contributed by atoms with Gasteiger partial charge in [-0.05, 0) is 30.3 Å². The molecule has 0 aliphatic carbocycles. The van der Waals surface area contributed by atoms with Crippen LogP contribution in [-0.2, 0) is 17.4 Å². The second kappa shape index (κ2) is 9.36. The van der Waals surface area contributed by atoms with Gasteiger partial charge in [-0.1, -0.05) is 34.1 Å². The van der Waals surface area contributed by atoms with Gasteiger partial charge >= 0.3 is 6.18 Å². The van der Waals surface area contributed by atoms with E-state index in [-0.39, 0.29) is 12.3 Å². The molecule has 0 unspecified atom stereocenters. The predicted octanol–water partition coefficient (Wildman–Crippen LogP) is 5.40. The summed E-state index contributed by atoms with van der Waals surface area (Å²) in [5, 5.41) is 0. The number of anilines is 1. The Morgan fingerprint density at radius 3 is 2.47 bits per heavy atom. The topological polar surface area (TPSA) is 49.6 Å². The summed E-state index contributed by atoms with van der Waals surface area (Å²) in [5.74, 6) is 1.13. The first-order chi connectivity index (χ1) is 15.3. The Bertz CT molecular complexity index is 1070. The number of aromatic nitrogens is 1. The molecule has 1 fully saturated rings. The molecule has 1 aliphatic heterocycles. The van der Waals surface area contributed by atoms with Crippen LogP contribution in [0.25, 0.3) is 11.3 Å². The third-order valence-corrected chi connectivity index (χ3v) is 5.93. The van der Waals surface area contributed by atoms with Crippen LogP contribution in [0.4, 0.5) is 18.9 Å². The van der Waals surface area contributed by atoms with Crippen LogP contribution in [0.3, 0.4) is 0 Å². The smallest absolute Gasteiger partial charge is 0.416 e. The van der Waals surface area contributed by atoms with E-state index in [0.717, 1.165) is 22.2 Å². The molecule has 1 saturated heterocycles. The van der Waals surface area contributed by atoms with Gasteiger partial charge in [0.15, 0.2) is 11.7 Å². The molecule has 1 aliphatic rings. The number of hydrogen-bond donors (Lipinski definition) is 0. The van der Waals surface area contributed by atoms with Crippen molar-refractivity contribution in [1.29, 1.82) is 0 Å². The Labute approximate surface area is 192 Å². The zero-order valence-electron chi connectivity index (χ0n) is 17.1. The lowest BCUT2D eigenvalue weighted by atomic mass is 10.1. The lowest BCUT2D eigenvalue weighted by Crippen LogP contribution is -2.48. The monoisotopic (exact) mass is 507 g/mol. The second-order valence-electron chi connectivity index (χ2n) is 7.54. The third-order valence-electron chi connectivity index (χ3n) is 5.41. The molecule has 0 atom stereocenters. The number of hydrogen-bond acceptors (Lipinski definition) is 4. The Morgan fingerprint density at radius 1 is 1.06 bits per heavy atom. The van der Waals surface area contributed by atoms with E-state index in [4.69, 9.17) is 4.42 Å². The van der Waals surface area contributed by atoms with Crippen molar-refractivity contribution >= 4 is 27.5 Å². The summed E-state index contributed by atoms with van der Waals surface area (Å²) in [5.41, 5.74) is 0.762. The first kappa shape index (κ1) is 22.4. The number of aryl methyl sites for hydroxylation is 1. The lowest BCUT2D eigenvalue weighted by molar-refractivity contribution is -0.137. The van der Waals surface area contributed by atoms with Gasteiger partial charge in [0.05, 0.1) is 11.8 Å². The number of rotatable bonds is 5. The van der Waals surface area contributed by atoms with Gasteiger partial charge in [0.25, 0.3) is 0 Å².